The van der Waals surface area contributed by atoms with Gasteiger partial charge in [-0.3, -0.25) is 4.79 Å². The number of ketones is 1. The van der Waals surface area contributed by atoms with Gasteiger partial charge in [0.25, 0.3) is 0 Å². The molecule has 0 spiro atoms. The molecule has 0 radical (unpaired) electrons. The number of carbonyl (C=O) groups excluding carboxylic acids is 2. The maximum atomic E-state index is 12.2. The monoisotopic (exact) mass is 326 g/mol. The van der Waals surface area contributed by atoms with Crippen molar-refractivity contribution < 1.29 is 24.2 Å². The molecule has 0 aromatic heterocycles. The molecule has 3 rings (SSSR count). The highest BCUT2D eigenvalue weighted by molar-refractivity contribution is 6.00. The molecule has 5 nitrogen and oxygen atoms in total. The van der Waals surface area contributed by atoms with E-state index in [1.807, 2.05) is 12.1 Å². The Hall–Kier alpha value is -2.82. The molecule has 1 aliphatic carbocycles. The van der Waals surface area contributed by atoms with Crippen LogP contribution in [0, 0.1) is 0 Å². The molecule has 0 saturated carbocycles. The topological polar surface area (TPSA) is 72.8 Å². The number of aromatic hydroxyl groups is 1. The second-order valence-electron chi connectivity index (χ2n) is 5.69. The average Bonchev–Trinajstić information content (AvgIpc) is 3.07. The summed E-state index contributed by atoms with van der Waals surface area (Å²) in [6.07, 6.45) is 3.14. The van der Waals surface area contributed by atoms with Crippen molar-refractivity contribution in [2.24, 2.45) is 0 Å². The smallest absolute Gasteiger partial charge is 0.342 e. The predicted octanol–water partition coefficient (Wildman–Crippen LogP) is 2.93. The van der Waals surface area contributed by atoms with E-state index in [4.69, 9.17) is 9.47 Å². The maximum Gasteiger partial charge on any atom is 0.342 e. The summed E-state index contributed by atoms with van der Waals surface area (Å²) in [5, 5.41) is 9.94. The zero-order valence-corrected chi connectivity index (χ0v) is 13.4. The standard InChI is InChI=1S/C19H18O5/c1-23-17-7-3-6-15(18(17)21)19(22)24-11-16(20)14-9-8-12-4-2-5-13(12)10-14/h3,6-10,21H,2,4-5,11H2,1H3. The Labute approximate surface area is 139 Å². The van der Waals surface area contributed by atoms with Crippen molar-refractivity contribution in [1.29, 1.82) is 0 Å². The van der Waals surface area contributed by atoms with E-state index in [-0.39, 0.29) is 29.5 Å². The van der Waals surface area contributed by atoms with Crippen molar-refractivity contribution >= 4 is 11.8 Å². The molecule has 0 heterocycles. The third-order valence-electron chi connectivity index (χ3n) is 4.19. The van der Waals surface area contributed by atoms with Crippen molar-refractivity contribution in [3.05, 3.63) is 58.7 Å². The molecule has 0 atom stereocenters. The zero-order valence-electron chi connectivity index (χ0n) is 13.4. The van der Waals surface area contributed by atoms with Crippen LogP contribution in [-0.2, 0) is 17.6 Å². The summed E-state index contributed by atoms with van der Waals surface area (Å²) in [6.45, 7) is -0.367. The SMILES string of the molecule is COc1cccc(C(=O)OCC(=O)c2ccc3c(c2)CCC3)c1O. The Kier molecular flexibility index (Phi) is 4.51. The first-order valence-electron chi connectivity index (χ1n) is 7.78. The van der Waals surface area contributed by atoms with Crippen molar-refractivity contribution in [3.63, 3.8) is 0 Å². The van der Waals surface area contributed by atoms with Gasteiger partial charge in [0, 0.05) is 5.56 Å². The maximum absolute atomic E-state index is 12.2. The van der Waals surface area contributed by atoms with Gasteiger partial charge in [-0.2, -0.15) is 0 Å². The number of phenols is 1. The average molecular weight is 326 g/mol. The lowest BCUT2D eigenvalue weighted by atomic mass is 10.0. The van der Waals surface area contributed by atoms with Crippen molar-refractivity contribution in [2.75, 3.05) is 13.7 Å². The molecule has 2 aromatic carbocycles. The molecule has 1 aliphatic rings. The highest BCUT2D eigenvalue weighted by Crippen LogP contribution is 2.29. The molecular formula is C19H18O5. The van der Waals surface area contributed by atoms with Gasteiger partial charge in [-0.15, -0.1) is 0 Å². The lowest BCUT2D eigenvalue weighted by molar-refractivity contribution is 0.0471. The first kappa shape index (κ1) is 16.1. The van der Waals surface area contributed by atoms with Crippen LogP contribution in [0.4, 0.5) is 0 Å². The molecule has 5 heteroatoms. The van der Waals surface area contributed by atoms with E-state index in [0.717, 1.165) is 19.3 Å². The predicted molar refractivity (Wildman–Crippen MR) is 87.7 cm³/mol. The third-order valence-corrected chi connectivity index (χ3v) is 4.19. The van der Waals surface area contributed by atoms with Crippen molar-refractivity contribution in [1.82, 2.24) is 0 Å². The Morgan fingerprint density at radius 2 is 1.92 bits per heavy atom. The first-order chi connectivity index (χ1) is 11.6. The van der Waals surface area contributed by atoms with Gasteiger partial charge in [-0.25, -0.2) is 4.79 Å². The van der Waals surface area contributed by atoms with E-state index in [1.54, 1.807) is 12.1 Å². The number of ether oxygens (including phenoxy) is 2. The molecule has 0 aliphatic heterocycles. The number of hydrogen-bond donors (Lipinski definition) is 1. The lowest BCUT2D eigenvalue weighted by Crippen LogP contribution is -2.14. The minimum absolute atomic E-state index is 0.0314. The van der Waals surface area contributed by atoms with Gasteiger partial charge in [0.15, 0.2) is 23.9 Å². The largest absolute Gasteiger partial charge is 0.504 e. The minimum Gasteiger partial charge on any atom is -0.504 e. The molecular weight excluding hydrogens is 308 g/mol. The Morgan fingerprint density at radius 1 is 1.12 bits per heavy atom. The van der Waals surface area contributed by atoms with Crippen LogP contribution >= 0.6 is 0 Å². The molecule has 0 amide bonds. The van der Waals surface area contributed by atoms with Crippen LogP contribution in [0.15, 0.2) is 36.4 Å². The van der Waals surface area contributed by atoms with E-state index in [0.29, 0.717) is 5.56 Å². The van der Waals surface area contributed by atoms with E-state index < -0.39 is 5.97 Å². The highest BCUT2D eigenvalue weighted by atomic mass is 16.5. The number of carbonyl (C=O) groups is 2. The van der Waals surface area contributed by atoms with Gasteiger partial charge in [0.1, 0.15) is 5.56 Å². The first-order valence-corrected chi connectivity index (χ1v) is 7.78. The summed E-state index contributed by atoms with van der Waals surface area (Å²) in [5.41, 5.74) is 2.98. The summed E-state index contributed by atoms with van der Waals surface area (Å²) in [4.78, 5) is 24.3. The number of aryl methyl sites for hydroxylation is 2. The van der Waals surface area contributed by atoms with Crippen LogP contribution < -0.4 is 4.74 Å². The van der Waals surface area contributed by atoms with Gasteiger partial charge in [-0.1, -0.05) is 18.2 Å². The minimum atomic E-state index is -0.763. The molecule has 0 unspecified atom stereocenters. The molecule has 124 valence electrons. The Bertz CT molecular complexity index is 794. The number of methoxy groups -OCH3 is 1. The number of phenolic OH excluding ortho intramolecular Hbond substituents is 1. The van der Waals surface area contributed by atoms with Crippen LogP contribution in [0.25, 0.3) is 0 Å². The number of para-hydroxylation sites is 1. The van der Waals surface area contributed by atoms with E-state index in [1.165, 1.54) is 30.4 Å². The summed E-state index contributed by atoms with van der Waals surface area (Å²) in [7, 11) is 1.39. The van der Waals surface area contributed by atoms with Gasteiger partial charge in [-0.05, 0) is 48.6 Å². The molecule has 0 saturated heterocycles. The van der Waals surface area contributed by atoms with E-state index in [9.17, 15) is 14.7 Å². The molecule has 0 bridgehead atoms. The molecule has 0 fully saturated rings. The van der Waals surface area contributed by atoms with Crippen LogP contribution in [0.3, 0.4) is 0 Å². The number of esters is 1. The van der Waals surface area contributed by atoms with Crippen LogP contribution in [0.2, 0.25) is 0 Å². The zero-order chi connectivity index (χ0) is 17.1. The summed E-state index contributed by atoms with van der Waals surface area (Å²) >= 11 is 0. The summed E-state index contributed by atoms with van der Waals surface area (Å²) in [6, 6.07) is 10.1. The lowest BCUT2D eigenvalue weighted by Gasteiger charge is -2.09. The molecule has 2 aromatic rings. The second-order valence-corrected chi connectivity index (χ2v) is 5.69. The normalized spacial score (nSPS) is 12.5. The number of hydrogen-bond acceptors (Lipinski definition) is 5. The van der Waals surface area contributed by atoms with E-state index in [2.05, 4.69) is 0 Å². The molecule has 1 N–H and O–H groups in total. The van der Waals surface area contributed by atoms with Crippen LogP contribution in [-0.4, -0.2) is 30.6 Å². The quantitative estimate of drug-likeness (QED) is 0.675. The highest BCUT2D eigenvalue weighted by Gasteiger charge is 2.19. The summed E-state index contributed by atoms with van der Waals surface area (Å²) < 4.78 is 9.99. The van der Waals surface area contributed by atoms with Gasteiger partial charge < -0.3 is 14.6 Å². The van der Waals surface area contributed by atoms with Gasteiger partial charge in [0.2, 0.25) is 0 Å². The Morgan fingerprint density at radius 3 is 2.71 bits per heavy atom. The van der Waals surface area contributed by atoms with Gasteiger partial charge >= 0.3 is 5.97 Å². The summed E-state index contributed by atoms with van der Waals surface area (Å²) in [5.74, 6) is -1.15. The fraction of sp³-hybridized carbons (Fsp3) is 0.263. The van der Waals surface area contributed by atoms with Crippen molar-refractivity contribution in [2.45, 2.75) is 19.3 Å². The molecule has 24 heavy (non-hydrogen) atoms. The number of fused-ring (bicyclic) bond motifs is 1. The third kappa shape index (κ3) is 3.11. The van der Waals surface area contributed by atoms with Gasteiger partial charge in [0.05, 0.1) is 7.11 Å². The van der Waals surface area contributed by atoms with Crippen LogP contribution in [0.5, 0.6) is 11.5 Å². The second kappa shape index (κ2) is 6.74. The Balaban J connectivity index is 1.67. The number of rotatable bonds is 5. The fourth-order valence-electron chi connectivity index (χ4n) is 2.89. The fourth-order valence-corrected chi connectivity index (χ4v) is 2.89. The van der Waals surface area contributed by atoms with Crippen LogP contribution in [0.1, 0.15) is 38.3 Å². The number of benzene rings is 2. The number of Topliss-reactive ketones (excluding diaryl/α,β-unsaturated/α-hetero) is 1. The van der Waals surface area contributed by atoms with E-state index >= 15 is 0 Å². The van der Waals surface area contributed by atoms with Crippen molar-refractivity contribution in [3.8, 4) is 11.5 Å².